The first-order chi connectivity index (χ1) is 11.4. The fourth-order valence-electron chi connectivity index (χ4n) is 3.22. The average molecular weight is 328 g/mol. The minimum absolute atomic E-state index is 0.0959. The highest BCUT2D eigenvalue weighted by molar-refractivity contribution is 5.89. The van der Waals surface area contributed by atoms with Crippen molar-refractivity contribution in [1.29, 1.82) is 0 Å². The highest BCUT2D eigenvalue weighted by Crippen LogP contribution is 2.45. The van der Waals surface area contributed by atoms with E-state index in [1.807, 2.05) is 44.4 Å². The Morgan fingerprint density at radius 3 is 2.67 bits per heavy atom. The zero-order valence-corrected chi connectivity index (χ0v) is 14.6. The molecule has 0 saturated heterocycles. The number of aromatic nitrogens is 2. The van der Waals surface area contributed by atoms with Crippen LogP contribution < -0.4 is 10.1 Å². The monoisotopic (exact) mass is 328 g/mol. The third-order valence-electron chi connectivity index (χ3n) is 4.89. The van der Waals surface area contributed by atoms with Crippen LogP contribution in [-0.4, -0.2) is 39.9 Å². The summed E-state index contributed by atoms with van der Waals surface area (Å²) in [4.78, 5) is 14.2. The molecule has 6 nitrogen and oxygen atoms in total. The minimum Gasteiger partial charge on any atom is -0.490 e. The van der Waals surface area contributed by atoms with Crippen LogP contribution >= 0.6 is 0 Å². The van der Waals surface area contributed by atoms with Crippen molar-refractivity contribution in [3.8, 4) is 5.75 Å². The quantitative estimate of drug-likeness (QED) is 0.938. The maximum atomic E-state index is 12.4. The van der Waals surface area contributed by atoms with E-state index in [1.54, 1.807) is 22.0 Å². The Kier molecular flexibility index (Phi) is 4.22. The fraction of sp³-hybridized carbons (Fsp3) is 0.444. The van der Waals surface area contributed by atoms with Crippen molar-refractivity contribution in [1.82, 2.24) is 14.7 Å². The van der Waals surface area contributed by atoms with Gasteiger partial charge in [-0.2, -0.15) is 5.10 Å². The van der Waals surface area contributed by atoms with E-state index < -0.39 is 0 Å². The third-order valence-corrected chi connectivity index (χ3v) is 4.89. The highest BCUT2D eigenvalue weighted by Gasteiger charge is 2.53. The molecule has 2 atom stereocenters. The van der Waals surface area contributed by atoms with Crippen molar-refractivity contribution in [2.24, 2.45) is 12.5 Å². The smallest absolute Gasteiger partial charge is 0.321 e. The number of aryl methyl sites for hydroxylation is 1. The van der Waals surface area contributed by atoms with E-state index in [2.05, 4.69) is 24.3 Å². The number of nitrogens with one attached hydrogen (secondary N) is 1. The Morgan fingerprint density at radius 2 is 2.08 bits per heavy atom. The van der Waals surface area contributed by atoms with Crippen molar-refractivity contribution in [3.63, 3.8) is 0 Å². The fourth-order valence-corrected chi connectivity index (χ4v) is 3.22. The molecule has 1 saturated carbocycles. The molecule has 3 rings (SSSR count). The molecule has 1 aromatic heterocycles. The molecule has 1 N–H and O–H groups in total. The van der Waals surface area contributed by atoms with E-state index in [4.69, 9.17) is 4.74 Å². The predicted octanol–water partition coefficient (Wildman–Crippen LogP) is 3.13. The Hall–Kier alpha value is -2.50. The number of carbonyl (C=O) groups is 1. The minimum atomic E-state index is -0.126. The van der Waals surface area contributed by atoms with Crippen molar-refractivity contribution in [2.75, 3.05) is 12.4 Å². The number of urea groups is 1. The van der Waals surface area contributed by atoms with E-state index in [0.29, 0.717) is 5.69 Å². The number of benzene rings is 1. The van der Waals surface area contributed by atoms with Crippen molar-refractivity contribution in [2.45, 2.75) is 32.4 Å². The molecule has 1 aliphatic carbocycles. The van der Waals surface area contributed by atoms with E-state index >= 15 is 0 Å². The molecule has 1 fully saturated rings. The lowest BCUT2D eigenvalue weighted by molar-refractivity contribution is -0.0848. The summed E-state index contributed by atoms with van der Waals surface area (Å²) in [5.41, 5.74) is 0.584. The van der Waals surface area contributed by atoms with Gasteiger partial charge in [-0.1, -0.05) is 32.0 Å². The van der Waals surface area contributed by atoms with Gasteiger partial charge in [0.1, 0.15) is 11.9 Å². The van der Waals surface area contributed by atoms with Crippen LogP contribution in [0.15, 0.2) is 42.7 Å². The summed E-state index contributed by atoms with van der Waals surface area (Å²) in [6, 6.07) is 9.82. The maximum absolute atomic E-state index is 12.4. The molecule has 0 radical (unpaired) electrons. The van der Waals surface area contributed by atoms with E-state index in [9.17, 15) is 4.79 Å². The normalized spacial score (nSPS) is 21.7. The van der Waals surface area contributed by atoms with Crippen LogP contribution in [0.4, 0.5) is 10.5 Å². The van der Waals surface area contributed by atoms with Crippen LogP contribution in [0.1, 0.15) is 20.3 Å². The van der Waals surface area contributed by atoms with Crippen LogP contribution in [-0.2, 0) is 7.05 Å². The number of para-hydroxylation sites is 1. The van der Waals surface area contributed by atoms with E-state index in [0.717, 1.165) is 12.2 Å². The van der Waals surface area contributed by atoms with Gasteiger partial charge in [0.15, 0.2) is 0 Å². The molecule has 1 aromatic carbocycles. The molecule has 1 heterocycles. The molecule has 6 heteroatoms. The lowest BCUT2D eigenvalue weighted by atomic mass is 9.64. The van der Waals surface area contributed by atoms with Gasteiger partial charge in [0, 0.05) is 38.2 Å². The summed E-state index contributed by atoms with van der Waals surface area (Å²) in [6.07, 6.45) is 4.33. The summed E-state index contributed by atoms with van der Waals surface area (Å²) in [5, 5.41) is 6.94. The van der Waals surface area contributed by atoms with Crippen LogP contribution in [0.25, 0.3) is 0 Å². The Labute approximate surface area is 142 Å². The van der Waals surface area contributed by atoms with Crippen LogP contribution in [0.5, 0.6) is 5.75 Å². The van der Waals surface area contributed by atoms with E-state index in [-0.39, 0.29) is 23.6 Å². The lowest BCUT2D eigenvalue weighted by Gasteiger charge is -2.54. The first-order valence-electron chi connectivity index (χ1n) is 8.12. The Bertz CT molecular complexity index is 711. The van der Waals surface area contributed by atoms with Gasteiger partial charge in [-0.3, -0.25) is 4.68 Å². The highest BCUT2D eigenvalue weighted by atomic mass is 16.5. The molecule has 0 spiro atoms. The lowest BCUT2D eigenvalue weighted by Crippen LogP contribution is -2.63. The zero-order valence-electron chi connectivity index (χ0n) is 14.6. The number of anilines is 1. The number of ether oxygens (including phenoxy) is 1. The number of rotatable bonds is 4. The molecule has 24 heavy (non-hydrogen) atoms. The second-order valence-corrected chi connectivity index (χ2v) is 6.94. The number of hydrogen-bond acceptors (Lipinski definition) is 3. The van der Waals surface area contributed by atoms with Gasteiger partial charge in [-0.05, 0) is 12.1 Å². The van der Waals surface area contributed by atoms with Crippen LogP contribution in [0, 0.1) is 5.41 Å². The zero-order chi connectivity index (χ0) is 17.3. The van der Waals surface area contributed by atoms with Gasteiger partial charge in [0.05, 0.1) is 11.9 Å². The molecule has 0 aliphatic heterocycles. The third kappa shape index (κ3) is 3.09. The number of carbonyl (C=O) groups excluding carboxylic acids is 1. The van der Waals surface area contributed by atoms with Crippen molar-refractivity contribution >= 4 is 11.7 Å². The second kappa shape index (κ2) is 6.19. The number of nitrogens with zero attached hydrogens (tertiary/aromatic N) is 3. The van der Waals surface area contributed by atoms with Crippen LogP contribution in [0.2, 0.25) is 0 Å². The first-order valence-corrected chi connectivity index (χ1v) is 8.12. The Morgan fingerprint density at radius 1 is 1.38 bits per heavy atom. The average Bonchev–Trinajstić information content (AvgIpc) is 2.96. The molecule has 128 valence electrons. The van der Waals surface area contributed by atoms with Gasteiger partial charge >= 0.3 is 6.03 Å². The summed E-state index contributed by atoms with van der Waals surface area (Å²) in [7, 11) is 3.65. The molecule has 2 unspecified atom stereocenters. The molecular formula is C18H24N4O2. The standard InChI is InChI=1S/C18H24N4O2/c1-18(2)15(10-16(18)24-14-8-6-5-7-9-14)22(4)17(23)20-13-11-19-21(3)12-13/h5-9,11-12,15-16H,10H2,1-4H3,(H,20,23). The first kappa shape index (κ1) is 16.4. The molecular weight excluding hydrogens is 304 g/mol. The SMILES string of the molecule is CN(C(=O)Nc1cnn(C)c1)C1CC(Oc2ccccc2)C1(C)C. The second-order valence-electron chi connectivity index (χ2n) is 6.94. The van der Waals surface area contributed by atoms with Gasteiger partial charge in [-0.15, -0.1) is 0 Å². The Balaban J connectivity index is 1.60. The molecule has 0 bridgehead atoms. The van der Waals surface area contributed by atoms with Gasteiger partial charge in [-0.25, -0.2) is 4.79 Å². The summed E-state index contributed by atoms with van der Waals surface area (Å²) >= 11 is 0. The van der Waals surface area contributed by atoms with Crippen molar-refractivity contribution < 1.29 is 9.53 Å². The number of hydrogen-bond donors (Lipinski definition) is 1. The maximum Gasteiger partial charge on any atom is 0.321 e. The number of amides is 2. The molecule has 2 amide bonds. The molecule has 2 aromatic rings. The van der Waals surface area contributed by atoms with Gasteiger partial charge in [0.2, 0.25) is 0 Å². The van der Waals surface area contributed by atoms with Crippen LogP contribution in [0.3, 0.4) is 0 Å². The topological polar surface area (TPSA) is 59.4 Å². The molecule has 1 aliphatic rings. The van der Waals surface area contributed by atoms with E-state index in [1.165, 1.54) is 0 Å². The largest absolute Gasteiger partial charge is 0.490 e. The van der Waals surface area contributed by atoms with Crippen molar-refractivity contribution in [3.05, 3.63) is 42.7 Å². The van der Waals surface area contributed by atoms with Gasteiger partial charge in [0.25, 0.3) is 0 Å². The predicted molar refractivity (Wildman–Crippen MR) is 93.0 cm³/mol. The van der Waals surface area contributed by atoms with Gasteiger partial charge < -0.3 is 15.0 Å². The summed E-state index contributed by atoms with van der Waals surface area (Å²) < 4.78 is 7.73. The summed E-state index contributed by atoms with van der Waals surface area (Å²) in [5.74, 6) is 0.872. The summed E-state index contributed by atoms with van der Waals surface area (Å²) in [6.45, 7) is 4.28.